The first-order valence-electron chi connectivity index (χ1n) is 15.0. The average Bonchev–Trinajstić information content (AvgIpc) is 3.56. The second kappa shape index (κ2) is 11.2. The number of benzene rings is 1. The van der Waals surface area contributed by atoms with Crippen molar-refractivity contribution in [1.29, 1.82) is 0 Å². The van der Waals surface area contributed by atoms with E-state index >= 15 is 0 Å². The summed E-state index contributed by atoms with van der Waals surface area (Å²) in [5.41, 5.74) is 2.57. The summed E-state index contributed by atoms with van der Waals surface area (Å²) in [4.78, 5) is 9.30. The number of ether oxygens (including phenoxy) is 1. The molecule has 43 heavy (non-hydrogen) atoms. The fraction of sp³-hybridized carbons (Fsp3) is 0.516. The molecule has 0 amide bonds. The molecule has 6 rings (SSSR count). The van der Waals surface area contributed by atoms with Crippen LogP contribution in [0.15, 0.2) is 41.8 Å². The Balaban J connectivity index is 1.28. The smallest absolute Gasteiger partial charge is 0.241 e. The number of hydrogen-bond acceptors (Lipinski definition) is 7. The summed E-state index contributed by atoms with van der Waals surface area (Å²) in [6.45, 7) is 10.5. The molecule has 230 valence electrons. The fourth-order valence-corrected chi connectivity index (χ4v) is 8.09. The number of nitrogens with zero attached hydrogens (tertiary/aromatic N) is 4. The molecule has 2 aliphatic carbocycles. The van der Waals surface area contributed by atoms with Crippen molar-refractivity contribution in [2.75, 3.05) is 18.5 Å². The third-order valence-electron chi connectivity index (χ3n) is 8.12. The minimum atomic E-state index is -4.00. The van der Waals surface area contributed by atoms with Gasteiger partial charge in [0.05, 0.1) is 23.0 Å². The Kier molecular flexibility index (Phi) is 7.85. The van der Waals surface area contributed by atoms with E-state index in [0.717, 1.165) is 57.7 Å². The lowest BCUT2D eigenvalue weighted by atomic mass is 10.0. The summed E-state index contributed by atoms with van der Waals surface area (Å²) in [5, 5.41) is 10.6. The molecule has 12 heteroatoms. The Morgan fingerprint density at radius 3 is 2.63 bits per heavy atom. The first-order valence-corrected chi connectivity index (χ1v) is 20.2. The van der Waals surface area contributed by atoms with Crippen LogP contribution < -0.4 is 10.0 Å². The zero-order valence-electron chi connectivity index (χ0n) is 25.6. The molecule has 4 aromatic rings. The molecule has 1 saturated carbocycles. The van der Waals surface area contributed by atoms with Crippen molar-refractivity contribution >= 4 is 45.5 Å². The van der Waals surface area contributed by atoms with Gasteiger partial charge in [0.2, 0.25) is 10.0 Å². The molecule has 0 saturated heterocycles. The maximum absolute atomic E-state index is 14.4. The molecule has 2 aliphatic rings. The lowest BCUT2D eigenvalue weighted by Gasteiger charge is -2.18. The Labute approximate surface area is 253 Å². The lowest BCUT2D eigenvalue weighted by Crippen LogP contribution is -2.36. The summed E-state index contributed by atoms with van der Waals surface area (Å²) < 4.78 is 52.3. The van der Waals surface area contributed by atoms with Crippen molar-refractivity contribution in [2.45, 2.75) is 94.5 Å². The van der Waals surface area contributed by atoms with Crippen LogP contribution in [-0.4, -0.2) is 61.1 Å². The molecule has 9 nitrogen and oxygen atoms in total. The highest BCUT2D eigenvalue weighted by Crippen LogP contribution is 2.42. The number of anilines is 1. The van der Waals surface area contributed by atoms with E-state index in [1.54, 1.807) is 23.3 Å². The predicted molar refractivity (Wildman–Crippen MR) is 171 cm³/mol. The molecular weight excluding hydrogens is 584 g/mol. The highest BCUT2D eigenvalue weighted by Gasteiger charge is 2.34. The molecular formula is C31H41FN6O3SSi. The maximum atomic E-state index is 14.4. The van der Waals surface area contributed by atoms with E-state index in [4.69, 9.17) is 4.74 Å². The number of nitrogens with one attached hydrogen (secondary N) is 2. The van der Waals surface area contributed by atoms with E-state index in [0.29, 0.717) is 37.5 Å². The summed E-state index contributed by atoms with van der Waals surface area (Å²) in [5.74, 6) is 0.375. The quantitative estimate of drug-likeness (QED) is 0.152. The Morgan fingerprint density at radius 2 is 1.91 bits per heavy atom. The number of alkyl halides is 1. The molecule has 0 bridgehead atoms. The molecule has 3 aromatic heterocycles. The van der Waals surface area contributed by atoms with Gasteiger partial charge in [0.25, 0.3) is 0 Å². The van der Waals surface area contributed by atoms with Crippen LogP contribution in [0.2, 0.25) is 25.7 Å². The standard InChI is InChI=1S/C31H41FN6O3SSi/c1-31(2,32)18-35-42(39,40)30-24-12-23(11-21(24)10-22-14-34-27(13-25(22)30)20-6-7-20)36-28-15-33-16-29-26(28)17-38(37-29)19-41-8-9-43(3,4)5/h10,13-17,20,23,35-36H,6-9,11-12,18-19H2,1-5H3. The SMILES string of the molecule is CC(C)(F)CNS(=O)(=O)c1c2c(cc3cnc(C4CC4)cc13)CC(Nc1cncc3nn(COCC[Si](C)(C)C)cc13)C2. The monoisotopic (exact) mass is 624 g/mol. The van der Waals surface area contributed by atoms with Gasteiger partial charge < -0.3 is 10.1 Å². The van der Waals surface area contributed by atoms with E-state index in [-0.39, 0.29) is 17.5 Å². The van der Waals surface area contributed by atoms with Gasteiger partial charge in [-0.25, -0.2) is 22.2 Å². The van der Waals surface area contributed by atoms with Crippen molar-refractivity contribution < 1.29 is 17.5 Å². The number of aromatic nitrogens is 4. The van der Waals surface area contributed by atoms with Gasteiger partial charge in [0, 0.05) is 67.4 Å². The number of fused-ring (bicyclic) bond motifs is 3. The van der Waals surface area contributed by atoms with Crippen LogP contribution >= 0.6 is 0 Å². The Morgan fingerprint density at radius 1 is 1.12 bits per heavy atom. The topological polar surface area (TPSA) is 111 Å². The Hall–Kier alpha value is -2.93. The van der Waals surface area contributed by atoms with Crippen molar-refractivity contribution in [1.82, 2.24) is 24.5 Å². The van der Waals surface area contributed by atoms with E-state index in [2.05, 4.69) is 50.8 Å². The molecule has 1 fully saturated rings. The van der Waals surface area contributed by atoms with Crippen LogP contribution in [-0.2, 0) is 34.3 Å². The average molecular weight is 625 g/mol. The molecule has 0 aliphatic heterocycles. The van der Waals surface area contributed by atoms with Crippen LogP contribution in [0, 0.1) is 0 Å². The minimum absolute atomic E-state index is 0.0574. The molecule has 1 unspecified atom stereocenters. The number of rotatable bonds is 12. The van der Waals surface area contributed by atoms with Gasteiger partial charge >= 0.3 is 0 Å². The summed E-state index contributed by atoms with van der Waals surface area (Å²) in [7, 11) is -5.17. The Bertz CT molecular complexity index is 1780. The zero-order valence-corrected chi connectivity index (χ0v) is 27.4. The van der Waals surface area contributed by atoms with Crippen LogP contribution in [0.3, 0.4) is 0 Å². The van der Waals surface area contributed by atoms with Crippen LogP contribution in [0.25, 0.3) is 21.7 Å². The zero-order chi connectivity index (χ0) is 30.6. The second-order valence-electron chi connectivity index (χ2n) is 13.9. The molecule has 0 spiro atoms. The summed E-state index contributed by atoms with van der Waals surface area (Å²) >= 11 is 0. The van der Waals surface area contributed by atoms with E-state index in [9.17, 15) is 12.8 Å². The summed E-state index contributed by atoms with van der Waals surface area (Å²) in [6.07, 6.45) is 10.5. The van der Waals surface area contributed by atoms with Crippen LogP contribution in [0.5, 0.6) is 0 Å². The maximum Gasteiger partial charge on any atom is 0.241 e. The van der Waals surface area contributed by atoms with Crippen molar-refractivity contribution in [3.63, 3.8) is 0 Å². The van der Waals surface area contributed by atoms with E-state index < -0.39 is 23.8 Å². The van der Waals surface area contributed by atoms with E-state index in [1.807, 2.05) is 12.3 Å². The minimum Gasteiger partial charge on any atom is -0.380 e. The van der Waals surface area contributed by atoms with Crippen LogP contribution in [0.4, 0.5) is 10.1 Å². The third-order valence-corrected chi connectivity index (χ3v) is 11.3. The molecule has 2 N–H and O–H groups in total. The second-order valence-corrected chi connectivity index (χ2v) is 21.2. The summed E-state index contributed by atoms with van der Waals surface area (Å²) in [6, 6.07) is 5.02. The first kappa shape index (κ1) is 30.1. The number of hydrogen-bond donors (Lipinski definition) is 2. The number of pyridine rings is 2. The van der Waals surface area contributed by atoms with Gasteiger partial charge in [0.1, 0.15) is 17.9 Å². The van der Waals surface area contributed by atoms with Gasteiger partial charge in [-0.15, -0.1) is 0 Å². The molecule has 0 radical (unpaired) electrons. The predicted octanol–water partition coefficient (Wildman–Crippen LogP) is 5.77. The first-order chi connectivity index (χ1) is 20.3. The van der Waals surface area contributed by atoms with Gasteiger partial charge in [-0.3, -0.25) is 9.97 Å². The van der Waals surface area contributed by atoms with Crippen LogP contribution in [0.1, 0.15) is 49.4 Å². The normalized spacial score (nSPS) is 17.6. The third kappa shape index (κ3) is 6.92. The van der Waals surface area contributed by atoms with E-state index in [1.165, 1.54) is 13.8 Å². The molecule has 1 aromatic carbocycles. The van der Waals surface area contributed by atoms with Gasteiger partial charge in [0.15, 0.2) is 0 Å². The lowest BCUT2D eigenvalue weighted by molar-refractivity contribution is 0.0791. The molecule has 1 atom stereocenters. The number of halogens is 1. The highest BCUT2D eigenvalue weighted by molar-refractivity contribution is 7.89. The van der Waals surface area contributed by atoms with Crippen molar-refractivity contribution in [3.05, 3.63) is 53.7 Å². The largest absolute Gasteiger partial charge is 0.380 e. The van der Waals surface area contributed by atoms with Gasteiger partial charge in [-0.2, -0.15) is 5.10 Å². The van der Waals surface area contributed by atoms with Crippen molar-refractivity contribution in [2.24, 2.45) is 0 Å². The van der Waals surface area contributed by atoms with Gasteiger partial charge in [-0.1, -0.05) is 19.6 Å². The molecule has 3 heterocycles. The highest BCUT2D eigenvalue weighted by atomic mass is 32.2. The van der Waals surface area contributed by atoms with Crippen molar-refractivity contribution in [3.8, 4) is 0 Å². The fourth-order valence-electron chi connectivity index (χ4n) is 5.65. The van der Waals surface area contributed by atoms with Gasteiger partial charge in [-0.05, 0) is 68.8 Å². The number of sulfonamides is 1.